The molecule has 0 saturated heterocycles. The molecule has 0 aliphatic heterocycles. The summed E-state index contributed by atoms with van der Waals surface area (Å²) in [6, 6.07) is 4.76. The summed E-state index contributed by atoms with van der Waals surface area (Å²) in [4.78, 5) is 27.3. The van der Waals surface area contributed by atoms with E-state index < -0.39 is 0 Å². The van der Waals surface area contributed by atoms with E-state index in [2.05, 4.69) is 15.5 Å². The summed E-state index contributed by atoms with van der Waals surface area (Å²) in [5, 5.41) is 6.48. The number of aryl methyl sites for hydroxylation is 1. The molecule has 0 aromatic carbocycles. The Kier molecular flexibility index (Phi) is 4.65. The zero-order chi connectivity index (χ0) is 14.4. The third-order valence-electron chi connectivity index (χ3n) is 2.70. The summed E-state index contributed by atoms with van der Waals surface area (Å²) in [5.74, 6) is 0.926. The standard InChI is InChI=1S/C13H16N4O3/c1-2-10-15-12(20-16-10)6-7-14-11(18)9-17-8-4-3-5-13(17)19/h3-5,8H,2,6-7,9H2,1H3,(H,14,18). The predicted octanol–water partition coefficient (Wildman–Crippen LogP) is 0.153. The van der Waals surface area contributed by atoms with Gasteiger partial charge in [-0.3, -0.25) is 9.59 Å². The third-order valence-corrected chi connectivity index (χ3v) is 2.70. The van der Waals surface area contributed by atoms with E-state index in [1.54, 1.807) is 18.3 Å². The van der Waals surface area contributed by atoms with E-state index in [4.69, 9.17) is 4.52 Å². The van der Waals surface area contributed by atoms with Crippen LogP contribution in [0.4, 0.5) is 0 Å². The Hall–Kier alpha value is -2.44. The number of carbonyl (C=O) groups is 1. The van der Waals surface area contributed by atoms with Crippen molar-refractivity contribution < 1.29 is 9.32 Å². The van der Waals surface area contributed by atoms with Gasteiger partial charge >= 0.3 is 0 Å². The summed E-state index contributed by atoms with van der Waals surface area (Å²) in [5.41, 5.74) is -0.202. The van der Waals surface area contributed by atoms with Crippen LogP contribution in [0.15, 0.2) is 33.7 Å². The minimum atomic E-state index is -0.228. The van der Waals surface area contributed by atoms with Crippen molar-refractivity contribution in [3.05, 3.63) is 46.5 Å². The minimum Gasteiger partial charge on any atom is -0.354 e. The lowest BCUT2D eigenvalue weighted by Gasteiger charge is -2.05. The molecule has 0 saturated carbocycles. The van der Waals surface area contributed by atoms with Gasteiger partial charge < -0.3 is 14.4 Å². The zero-order valence-corrected chi connectivity index (χ0v) is 11.2. The molecular weight excluding hydrogens is 260 g/mol. The number of aromatic nitrogens is 3. The Bertz CT molecular complexity index is 632. The highest BCUT2D eigenvalue weighted by Crippen LogP contribution is 1.97. The number of hydrogen-bond acceptors (Lipinski definition) is 5. The molecule has 0 aliphatic rings. The van der Waals surface area contributed by atoms with Gasteiger partial charge in [-0.25, -0.2) is 0 Å². The van der Waals surface area contributed by atoms with E-state index in [1.165, 1.54) is 10.6 Å². The summed E-state index contributed by atoms with van der Waals surface area (Å²) in [7, 11) is 0. The fourth-order valence-corrected chi connectivity index (χ4v) is 1.65. The normalized spacial score (nSPS) is 10.4. The van der Waals surface area contributed by atoms with Gasteiger partial charge in [0.15, 0.2) is 5.82 Å². The van der Waals surface area contributed by atoms with Crippen LogP contribution >= 0.6 is 0 Å². The maximum Gasteiger partial charge on any atom is 0.250 e. The Morgan fingerprint density at radius 3 is 3.00 bits per heavy atom. The molecule has 20 heavy (non-hydrogen) atoms. The second-order valence-corrected chi connectivity index (χ2v) is 4.22. The topological polar surface area (TPSA) is 90.0 Å². The lowest BCUT2D eigenvalue weighted by atomic mass is 10.4. The fraction of sp³-hybridized carbons (Fsp3) is 0.385. The first-order valence-electron chi connectivity index (χ1n) is 6.42. The molecule has 0 spiro atoms. The van der Waals surface area contributed by atoms with E-state index in [-0.39, 0.29) is 18.0 Å². The number of nitrogens with one attached hydrogen (secondary N) is 1. The van der Waals surface area contributed by atoms with E-state index in [0.717, 1.165) is 0 Å². The second kappa shape index (κ2) is 6.65. The highest BCUT2D eigenvalue weighted by Gasteiger charge is 2.06. The molecule has 0 fully saturated rings. The molecule has 2 heterocycles. The zero-order valence-electron chi connectivity index (χ0n) is 11.2. The van der Waals surface area contributed by atoms with Crippen molar-refractivity contribution >= 4 is 5.91 Å². The summed E-state index contributed by atoms with van der Waals surface area (Å²) in [6.45, 7) is 2.34. The number of carbonyl (C=O) groups excluding carboxylic acids is 1. The Morgan fingerprint density at radius 1 is 1.45 bits per heavy atom. The van der Waals surface area contributed by atoms with Gasteiger partial charge in [0, 0.05) is 31.6 Å². The lowest BCUT2D eigenvalue weighted by Crippen LogP contribution is -2.32. The van der Waals surface area contributed by atoms with Gasteiger partial charge in [0.2, 0.25) is 11.8 Å². The molecule has 2 rings (SSSR count). The largest absolute Gasteiger partial charge is 0.354 e. The molecule has 2 aromatic rings. The molecule has 2 aromatic heterocycles. The summed E-state index contributed by atoms with van der Waals surface area (Å²) >= 11 is 0. The summed E-state index contributed by atoms with van der Waals surface area (Å²) < 4.78 is 6.35. The Morgan fingerprint density at radius 2 is 2.30 bits per heavy atom. The van der Waals surface area contributed by atoms with Gasteiger partial charge in [-0.1, -0.05) is 18.1 Å². The van der Waals surface area contributed by atoms with Crippen LogP contribution in [0.3, 0.4) is 0 Å². The molecule has 0 radical (unpaired) electrons. The van der Waals surface area contributed by atoms with E-state index in [1.807, 2.05) is 6.92 Å². The van der Waals surface area contributed by atoms with E-state index >= 15 is 0 Å². The molecule has 7 nitrogen and oxygen atoms in total. The van der Waals surface area contributed by atoms with E-state index in [0.29, 0.717) is 31.1 Å². The van der Waals surface area contributed by atoms with Crippen LogP contribution in [0.25, 0.3) is 0 Å². The number of hydrogen-bond donors (Lipinski definition) is 1. The third kappa shape index (κ3) is 3.78. The van der Waals surface area contributed by atoms with Crippen molar-refractivity contribution in [3.8, 4) is 0 Å². The van der Waals surface area contributed by atoms with Crippen LogP contribution in [-0.4, -0.2) is 27.2 Å². The molecule has 1 amide bonds. The van der Waals surface area contributed by atoms with Gasteiger partial charge in [-0.15, -0.1) is 0 Å². The second-order valence-electron chi connectivity index (χ2n) is 4.22. The first-order chi connectivity index (χ1) is 9.69. The lowest BCUT2D eigenvalue weighted by molar-refractivity contribution is -0.121. The van der Waals surface area contributed by atoms with Crippen LogP contribution in [0, 0.1) is 0 Å². The molecular formula is C13H16N4O3. The number of nitrogens with zero attached hydrogens (tertiary/aromatic N) is 3. The number of pyridine rings is 1. The molecule has 106 valence electrons. The van der Waals surface area contributed by atoms with Crippen LogP contribution in [-0.2, 0) is 24.2 Å². The van der Waals surface area contributed by atoms with Crippen LogP contribution in [0.2, 0.25) is 0 Å². The van der Waals surface area contributed by atoms with E-state index in [9.17, 15) is 9.59 Å². The predicted molar refractivity (Wildman–Crippen MR) is 71.1 cm³/mol. The van der Waals surface area contributed by atoms with Crippen molar-refractivity contribution in [2.24, 2.45) is 0 Å². The Balaban J connectivity index is 1.78. The van der Waals surface area contributed by atoms with Crippen molar-refractivity contribution in [2.75, 3.05) is 6.54 Å². The number of rotatable bonds is 6. The minimum absolute atomic E-state index is 0.00369. The molecule has 0 atom stereocenters. The smallest absolute Gasteiger partial charge is 0.250 e. The SMILES string of the molecule is CCc1noc(CCNC(=O)Cn2ccccc2=O)n1. The maximum atomic E-state index is 11.7. The first kappa shape index (κ1) is 14.0. The maximum absolute atomic E-state index is 11.7. The average molecular weight is 276 g/mol. The molecule has 7 heteroatoms. The monoisotopic (exact) mass is 276 g/mol. The van der Waals surface area contributed by atoms with Gasteiger partial charge in [0.25, 0.3) is 5.56 Å². The fourth-order valence-electron chi connectivity index (χ4n) is 1.65. The van der Waals surface area contributed by atoms with Crippen LogP contribution in [0.1, 0.15) is 18.6 Å². The van der Waals surface area contributed by atoms with Crippen molar-refractivity contribution in [1.29, 1.82) is 0 Å². The molecule has 0 bridgehead atoms. The molecule has 0 aliphatic carbocycles. The summed E-state index contributed by atoms with van der Waals surface area (Å²) in [6.07, 6.45) is 2.77. The molecule has 1 N–H and O–H groups in total. The van der Waals surface area contributed by atoms with Crippen LogP contribution in [0.5, 0.6) is 0 Å². The Labute approximate surface area is 115 Å². The van der Waals surface area contributed by atoms with Gasteiger partial charge in [0.1, 0.15) is 6.54 Å². The van der Waals surface area contributed by atoms with Crippen molar-refractivity contribution in [2.45, 2.75) is 26.3 Å². The number of amides is 1. The van der Waals surface area contributed by atoms with Gasteiger partial charge in [0.05, 0.1) is 0 Å². The quantitative estimate of drug-likeness (QED) is 0.811. The molecule has 0 unspecified atom stereocenters. The first-order valence-corrected chi connectivity index (χ1v) is 6.42. The van der Waals surface area contributed by atoms with Crippen LogP contribution < -0.4 is 10.9 Å². The highest BCUT2D eigenvalue weighted by molar-refractivity contribution is 5.75. The average Bonchev–Trinajstić information content (AvgIpc) is 2.89. The highest BCUT2D eigenvalue weighted by atomic mass is 16.5. The van der Waals surface area contributed by atoms with Gasteiger partial charge in [-0.2, -0.15) is 4.98 Å². The van der Waals surface area contributed by atoms with Crippen molar-refractivity contribution in [3.63, 3.8) is 0 Å². The van der Waals surface area contributed by atoms with Gasteiger partial charge in [-0.05, 0) is 6.07 Å². The van der Waals surface area contributed by atoms with Crippen molar-refractivity contribution in [1.82, 2.24) is 20.0 Å².